The Kier molecular flexibility index (Phi) is 5.19. The third-order valence-corrected chi connectivity index (χ3v) is 10.1. The highest BCUT2D eigenvalue weighted by Gasteiger charge is 2.59. The lowest BCUT2D eigenvalue weighted by Crippen LogP contribution is -2.68. The van der Waals surface area contributed by atoms with Gasteiger partial charge < -0.3 is 10.2 Å². The average molecular weight is 341 g/mol. The van der Waals surface area contributed by atoms with E-state index in [9.17, 15) is 10.2 Å². The third kappa shape index (κ3) is 2.67. The minimum atomic E-state index is -2.46. The van der Waals surface area contributed by atoms with Crippen LogP contribution in [0.1, 0.15) is 19.4 Å². The Labute approximate surface area is 146 Å². The average Bonchev–Trinajstić information content (AvgIpc) is 2.61. The maximum Gasteiger partial charge on any atom is 0.123 e. The van der Waals surface area contributed by atoms with Crippen LogP contribution in [-0.2, 0) is 5.22 Å². The Hall–Kier alpha value is -1.68. The van der Waals surface area contributed by atoms with Gasteiger partial charge in [-0.05, 0) is 12.5 Å². The third-order valence-electron chi connectivity index (χ3n) is 5.65. The molecule has 0 aliphatic carbocycles. The lowest BCUT2D eigenvalue weighted by Gasteiger charge is -2.53. The highest BCUT2D eigenvalue weighted by atomic mass is 28.3. The van der Waals surface area contributed by atoms with Crippen LogP contribution in [0.15, 0.2) is 72.8 Å². The van der Waals surface area contributed by atoms with Crippen LogP contribution in [0.25, 0.3) is 0 Å². The Balaban J connectivity index is 2.80. The topological polar surface area (TPSA) is 40.5 Å². The molecule has 2 nitrogen and oxygen atoms in total. The second kappa shape index (κ2) is 6.67. The van der Waals surface area contributed by atoms with Gasteiger partial charge in [0.25, 0.3) is 0 Å². The predicted molar refractivity (Wildman–Crippen MR) is 104 cm³/mol. The minimum Gasteiger partial charge on any atom is -0.395 e. The summed E-state index contributed by atoms with van der Waals surface area (Å²) in [5, 5.41) is 22.4. The smallest absolute Gasteiger partial charge is 0.123 e. The molecule has 0 saturated heterocycles. The molecule has 0 heterocycles. The lowest BCUT2D eigenvalue weighted by molar-refractivity contribution is -0.0271. The second-order valence-corrected chi connectivity index (χ2v) is 11.9. The maximum absolute atomic E-state index is 12.2. The molecule has 0 aliphatic heterocycles. The van der Waals surface area contributed by atoms with Gasteiger partial charge in [-0.2, -0.15) is 0 Å². The van der Waals surface area contributed by atoms with Crippen molar-refractivity contribution >= 4 is 13.3 Å². The quantitative estimate of drug-likeness (QED) is 0.623. The number of aliphatic hydroxyl groups is 2. The zero-order valence-corrected chi connectivity index (χ0v) is 16.1. The molecule has 0 fully saturated rings. The minimum absolute atomic E-state index is 0.156. The van der Waals surface area contributed by atoms with Crippen LogP contribution in [0.3, 0.4) is 0 Å². The molecule has 2 N–H and O–H groups in total. The van der Waals surface area contributed by atoms with Gasteiger partial charge in [-0.25, -0.2) is 0 Å². The maximum atomic E-state index is 12.2. The van der Waals surface area contributed by atoms with Crippen molar-refractivity contribution in [2.75, 3.05) is 6.61 Å². The number of aliphatic hydroxyl groups excluding tert-OH is 1. The summed E-state index contributed by atoms with van der Waals surface area (Å²) in [4.78, 5) is 0. The molecule has 0 spiro atoms. The monoisotopic (exact) mass is 340 g/mol. The van der Waals surface area contributed by atoms with E-state index in [1.807, 2.05) is 62.4 Å². The molecular formula is C21H28O2Si. The first-order valence-electron chi connectivity index (χ1n) is 8.32. The van der Waals surface area contributed by atoms with E-state index < -0.39 is 18.7 Å². The molecule has 0 saturated carbocycles. The summed E-state index contributed by atoms with van der Waals surface area (Å²) in [6.45, 7) is 12.1. The molecule has 0 aliphatic rings. The van der Waals surface area contributed by atoms with Crippen molar-refractivity contribution in [1.82, 2.24) is 0 Å². The zero-order valence-electron chi connectivity index (χ0n) is 15.1. The fourth-order valence-corrected chi connectivity index (χ4v) is 7.67. The lowest BCUT2D eigenvalue weighted by atomic mass is 9.75. The highest BCUT2D eigenvalue weighted by Crippen LogP contribution is 2.49. The fraction of sp³-hybridized carbons (Fsp3) is 0.333. The molecule has 0 unspecified atom stereocenters. The summed E-state index contributed by atoms with van der Waals surface area (Å²) in [5.74, 6) is 0. The largest absolute Gasteiger partial charge is 0.395 e. The summed E-state index contributed by atoms with van der Waals surface area (Å²) in [6.07, 6.45) is 0. The van der Waals surface area contributed by atoms with Gasteiger partial charge in [0, 0.05) is 5.41 Å². The van der Waals surface area contributed by atoms with Crippen LogP contribution in [0, 0.1) is 5.41 Å². The van der Waals surface area contributed by atoms with Crippen LogP contribution in [-0.4, -0.2) is 24.9 Å². The highest BCUT2D eigenvalue weighted by molar-refractivity contribution is 6.92. The molecule has 2 aromatic rings. The van der Waals surface area contributed by atoms with Gasteiger partial charge >= 0.3 is 0 Å². The van der Waals surface area contributed by atoms with Crippen molar-refractivity contribution in [2.45, 2.75) is 32.2 Å². The molecule has 128 valence electrons. The van der Waals surface area contributed by atoms with E-state index in [2.05, 4.69) is 31.8 Å². The molecule has 24 heavy (non-hydrogen) atoms. The number of benzene rings is 2. The van der Waals surface area contributed by atoms with Crippen LogP contribution in [0.2, 0.25) is 13.1 Å². The van der Waals surface area contributed by atoms with E-state index in [4.69, 9.17) is 0 Å². The van der Waals surface area contributed by atoms with E-state index in [0.717, 1.165) is 16.3 Å². The Morgan fingerprint density at radius 1 is 1.00 bits per heavy atom. The van der Waals surface area contributed by atoms with E-state index >= 15 is 0 Å². The first-order chi connectivity index (χ1) is 11.2. The van der Waals surface area contributed by atoms with Crippen molar-refractivity contribution in [1.29, 1.82) is 0 Å². The molecular weight excluding hydrogens is 312 g/mol. The number of hydrogen-bond acceptors (Lipinski definition) is 2. The van der Waals surface area contributed by atoms with Crippen molar-refractivity contribution in [2.24, 2.45) is 5.41 Å². The van der Waals surface area contributed by atoms with Gasteiger partial charge in [-0.1, -0.05) is 98.0 Å². The Morgan fingerprint density at radius 2 is 1.46 bits per heavy atom. The molecule has 2 atom stereocenters. The Morgan fingerprint density at radius 3 is 1.88 bits per heavy atom. The van der Waals surface area contributed by atoms with Crippen LogP contribution < -0.4 is 5.19 Å². The van der Waals surface area contributed by atoms with E-state index in [1.54, 1.807) is 0 Å². The van der Waals surface area contributed by atoms with E-state index in [1.165, 1.54) is 0 Å². The predicted octanol–water partition coefficient (Wildman–Crippen LogP) is 3.60. The van der Waals surface area contributed by atoms with Crippen molar-refractivity contribution in [3.8, 4) is 0 Å². The summed E-state index contributed by atoms with van der Waals surface area (Å²) < 4.78 is 0. The zero-order chi connectivity index (χ0) is 18.0. The van der Waals surface area contributed by atoms with Crippen LogP contribution >= 0.6 is 0 Å². The first kappa shape index (κ1) is 18.7. The van der Waals surface area contributed by atoms with Crippen molar-refractivity contribution in [3.63, 3.8) is 0 Å². The fourth-order valence-electron chi connectivity index (χ4n) is 3.67. The van der Waals surface area contributed by atoms with Crippen LogP contribution in [0.4, 0.5) is 0 Å². The van der Waals surface area contributed by atoms with Gasteiger partial charge in [-0.15, -0.1) is 0 Å². The van der Waals surface area contributed by atoms with Gasteiger partial charge in [0.2, 0.25) is 0 Å². The van der Waals surface area contributed by atoms with Crippen LogP contribution in [0.5, 0.6) is 0 Å². The number of rotatable bonds is 6. The van der Waals surface area contributed by atoms with Crippen molar-refractivity contribution < 1.29 is 10.2 Å². The van der Waals surface area contributed by atoms with Crippen molar-refractivity contribution in [3.05, 3.63) is 78.4 Å². The number of hydrogen-bond donors (Lipinski definition) is 2. The molecule has 0 amide bonds. The Bertz CT molecular complexity index is 696. The second-order valence-electron chi connectivity index (χ2n) is 7.34. The SMILES string of the molecule is C=C(C)[C@](C)(CO)[C@](O)(c1ccccc1)[Si](C)(C)c1ccccc1. The molecule has 2 rings (SSSR count). The summed E-state index contributed by atoms with van der Waals surface area (Å²) in [6, 6.07) is 19.9. The molecule has 3 heteroatoms. The summed E-state index contributed by atoms with van der Waals surface area (Å²) in [5.41, 5.74) is 0.790. The van der Waals surface area contributed by atoms with Gasteiger partial charge in [-0.3, -0.25) is 0 Å². The molecule has 2 aromatic carbocycles. The molecule has 0 aromatic heterocycles. The van der Waals surface area contributed by atoms with E-state index in [0.29, 0.717) is 0 Å². The van der Waals surface area contributed by atoms with E-state index in [-0.39, 0.29) is 6.61 Å². The van der Waals surface area contributed by atoms with Gasteiger partial charge in [0.05, 0.1) is 11.8 Å². The molecule has 0 radical (unpaired) electrons. The normalized spacial score (nSPS) is 16.9. The summed E-state index contributed by atoms with van der Waals surface area (Å²) >= 11 is 0. The van der Waals surface area contributed by atoms with Gasteiger partial charge in [0.15, 0.2) is 0 Å². The standard InChI is InChI=1S/C21H28O2Si/c1-17(2)20(3,16-22)21(23,18-12-8-6-9-13-18)24(4,5)19-14-10-7-11-15-19/h6-15,22-23H,1,16H2,2-5H3/t20-,21-/m0/s1. The summed E-state index contributed by atoms with van der Waals surface area (Å²) in [7, 11) is -2.46. The van der Waals surface area contributed by atoms with Gasteiger partial charge in [0.1, 0.15) is 8.07 Å². The molecule has 0 bridgehead atoms. The first-order valence-corrected chi connectivity index (χ1v) is 11.3.